The van der Waals surface area contributed by atoms with Crippen molar-refractivity contribution in [1.29, 1.82) is 0 Å². The number of nitrogens with one attached hydrogen (secondary N) is 1. The molecule has 0 radical (unpaired) electrons. The molecule has 2 N–H and O–H groups in total. The lowest BCUT2D eigenvalue weighted by atomic mass is 9.98. The van der Waals surface area contributed by atoms with Gasteiger partial charge in [-0.15, -0.1) is 0 Å². The van der Waals surface area contributed by atoms with Gasteiger partial charge in [0.2, 0.25) is 5.88 Å². The van der Waals surface area contributed by atoms with Crippen LogP contribution in [0.5, 0.6) is 5.88 Å². The van der Waals surface area contributed by atoms with E-state index in [1.54, 1.807) is 13.0 Å². The molecule has 1 fully saturated rings. The molecule has 1 aliphatic rings. The molecule has 0 aromatic carbocycles. The van der Waals surface area contributed by atoms with E-state index in [2.05, 4.69) is 10.3 Å². The SMILES string of the molecule is COCC(C)(CC(=O)O)NC(=O)c1ccnc(OC2CCOC2)c1. The number of methoxy groups -OCH3 is 1. The van der Waals surface area contributed by atoms with Crippen molar-refractivity contribution in [2.24, 2.45) is 0 Å². The van der Waals surface area contributed by atoms with Crippen molar-refractivity contribution in [2.45, 2.75) is 31.4 Å². The van der Waals surface area contributed by atoms with E-state index in [0.29, 0.717) is 24.7 Å². The molecule has 1 aromatic rings. The molecule has 1 aromatic heterocycles. The first-order chi connectivity index (χ1) is 11.4. The van der Waals surface area contributed by atoms with E-state index in [9.17, 15) is 9.59 Å². The molecule has 8 heteroatoms. The fourth-order valence-corrected chi connectivity index (χ4v) is 2.52. The summed E-state index contributed by atoms with van der Waals surface area (Å²) < 4.78 is 15.9. The highest BCUT2D eigenvalue weighted by Crippen LogP contribution is 2.17. The number of rotatable bonds is 8. The number of nitrogens with zero attached hydrogens (tertiary/aromatic N) is 1. The summed E-state index contributed by atoms with van der Waals surface area (Å²) in [4.78, 5) is 27.5. The zero-order valence-corrected chi connectivity index (χ0v) is 13.8. The van der Waals surface area contributed by atoms with Gasteiger partial charge in [-0.1, -0.05) is 0 Å². The highest BCUT2D eigenvalue weighted by atomic mass is 16.5. The Labute approximate surface area is 140 Å². The van der Waals surface area contributed by atoms with Gasteiger partial charge in [0, 0.05) is 31.4 Å². The third kappa shape index (κ3) is 5.17. The Balaban J connectivity index is 2.06. The lowest BCUT2D eigenvalue weighted by Gasteiger charge is -2.28. The second-order valence-electron chi connectivity index (χ2n) is 6.00. The molecule has 2 unspecified atom stereocenters. The molecule has 2 heterocycles. The normalized spacial score (nSPS) is 19.5. The second kappa shape index (κ2) is 8.07. The molecule has 1 saturated heterocycles. The van der Waals surface area contributed by atoms with Gasteiger partial charge in [0.15, 0.2) is 0 Å². The standard InChI is InChI=1S/C16H22N2O6/c1-16(10-22-2,8-14(19)20)18-15(21)11-3-5-17-13(7-11)24-12-4-6-23-9-12/h3,5,7,12H,4,6,8-10H2,1-2H3,(H,18,21)(H,19,20). The minimum absolute atomic E-state index is 0.0680. The Hall–Kier alpha value is -2.19. The van der Waals surface area contributed by atoms with Gasteiger partial charge >= 0.3 is 5.97 Å². The van der Waals surface area contributed by atoms with Crippen molar-refractivity contribution in [3.8, 4) is 5.88 Å². The number of carbonyl (C=O) groups excluding carboxylic acids is 1. The van der Waals surface area contributed by atoms with Crippen molar-refractivity contribution in [2.75, 3.05) is 26.9 Å². The third-order valence-electron chi connectivity index (χ3n) is 3.59. The molecule has 0 saturated carbocycles. The molecule has 0 spiro atoms. The zero-order valence-electron chi connectivity index (χ0n) is 13.8. The number of aromatic nitrogens is 1. The first-order valence-corrected chi connectivity index (χ1v) is 7.65. The average molecular weight is 338 g/mol. The Morgan fingerprint density at radius 3 is 2.96 bits per heavy atom. The number of ether oxygens (including phenoxy) is 3. The quantitative estimate of drug-likeness (QED) is 0.724. The van der Waals surface area contributed by atoms with Crippen molar-refractivity contribution >= 4 is 11.9 Å². The maximum atomic E-state index is 12.4. The van der Waals surface area contributed by atoms with Crippen LogP contribution in [-0.2, 0) is 14.3 Å². The summed E-state index contributed by atoms with van der Waals surface area (Å²) in [5, 5.41) is 11.7. The smallest absolute Gasteiger partial charge is 0.305 e. The fourth-order valence-electron chi connectivity index (χ4n) is 2.52. The van der Waals surface area contributed by atoms with E-state index >= 15 is 0 Å². The number of carbonyl (C=O) groups is 2. The van der Waals surface area contributed by atoms with Crippen LogP contribution in [-0.4, -0.2) is 60.5 Å². The van der Waals surface area contributed by atoms with Gasteiger partial charge in [0.05, 0.1) is 31.8 Å². The highest BCUT2D eigenvalue weighted by Gasteiger charge is 2.30. The molecule has 8 nitrogen and oxygen atoms in total. The topological polar surface area (TPSA) is 107 Å². The van der Waals surface area contributed by atoms with Crippen LogP contribution >= 0.6 is 0 Å². The number of hydrogen-bond acceptors (Lipinski definition) is 6. The zero-order chi connectivity index (χ0) is 17.6. The van der Waals surface area contributed by atoms with E-state index in [-0.39, 0.29) is 19.1 Å². The van der Waals surface area contributed by atoms with E-state index in [1.165, 1.54) is 19.4 Å². The van der Waals surface area contributed by atoms with Gasteiger partial charge in [-0.3, -0.25) is 9.59 Å². The van der Waals surface area contributed by atoms with E-state index in [0.717, 1.165) is 6.42 Å². The number of hydrogen-bond donors (Lipinski definition) is 2. The minimum atomic E-state index is -1.02. The van der Waals surface area contributed by atoms with Crippen LogP contribution in [0.1, 0.15) is 30.1 Å². The van der Waals surface area contributed by atoms with Gasteiger partial charge in [0.1, 0.15) is 6.10 Å². The van der Waals surface area contributed by atoms with Crippen molar-refractivity contribution in [3.63, 3.8) is 0 Å². The summed E-state index contributed by atoms with van der Waals surface area (Å²) >= 11 is 0. The summed E-state index contributed by atoms with van der Waals surface area (Å²) in [7, 11) is 1.45. The van der Waals surface area contributed by atoms with Crippen LogP contribution < -0.4 is 10.1 Å². The monoisotopic (exact) mass is 338 g/mol. The predicted molar refractivity (Wildman–Crippen MR) is 84.1 cm³/mol. The van der Waals surface area contributed by atoms with Crippen molar-refractivity contribution < 1.29 is 28.9 Å². The number of aliphatic carboxylic acids is 1. The van der Waals surface area contributed by atoms with Crippen LogP contribution in [0.2, 0.25) is 0 Å². The molecular weight excluding hydrogens is 316 g/mol. The molecule has 24 heavy (non-hydrogen) atoms. The van der Waals surface area contributed by atoms with Crippen LogP contribution in [0, 0.1) is 0 Å². The largest absolute Gasteiger partial charge is 0.481 e. The van der Waals surface area contributed by atoms with Crippen molar-refractivity contribution in [1.82, 2.24) is 10.3 Å². The maximum Gasteiger partial charge on any atom is 0.305 e. The van der Waals surface area contributed by atoms with Gasteiger partial charge < -0.3 is 24.6 Å². The predicted octanol–water partition coefficient (Wildman–Crippen LogP) is 0.859. The highest BCUT2D eigenvalue weighted by molar-refractivity contribution is 5.95. The summed E-state index contributed by atoms with van der Waals surface area (Å²) in [6.07, 6.45) is 1.94. The van der Waals surface area contributed by atoms with Gasteiger partial charge in [-0.25, -0.2) is 4.98 Å². The Morgan fingerprint density at radius 2 is 2.33 bits per heavy atom. The summed E-state index contributed by atoms with van der Waals surface area (Å²) in [6.45, 7) is 2.86. The van der Waals surface area contributed by atoms with E-state index < -0.39 is 17.4 Å². The summed E-state index contributed by atoms with van der Waals surface area (Å²) in [5.41, 5.74) is -0.673. The maximum absolute atomic E-state index is 12.4. The number of carboxylic acid groups (broad SMARTS) is 1. The number of carboxylic acids is 1. The van der Waals surface area contributed by atoms with Crippen LogP contribution in [0.4, 0.5) is 0 Å². The minimum Gasteiger partial charge on any atom is -0.481 e. The van der Waals surface area contributed by atoms with E-state index in [1.807, 2.05) is 0 Å². The molecule has 0 bridgehead atoms. The molecule has 2 atom stereocenters. The lowest BCUT2D eigenvalue weighted by molar-refractivity contribution is -0.139. The molecule has 132 valence electrons. The first-order valence-electron chi connectivity index (χ1n) is 7.65. The summed E-state index contributed by atoms with van der Waals surface area (Å²) in [6, 6.07) is 3.07. The first kappa shape index (κ1) is 18.2. The third-order valence-corrected chi connectivity index (χ3v) is 3.59. The van der Waals surface area contributed by atoms with Gasteiger partial charge in [-0.2, -0.15) is 0 Å². The second-order valence-corrected chi connectivity index (χ2v) is 6.00. The van der Waals surface area contributed by atoms with Crippen LogP contribution in [0.15, 0.2) is 18.3 Å². The van der Waals surface area contributed by atoms with Gasteiger partial charge in [0.25, 0.3) is 5.91 Å². The van der Waals surface area contributed by atoms with E-state index in [4.69, 9.17) is 19.3 Å². The van der Waals surface area contributed by atoms with Gasteiger partial charge in [-0.05, 0) is 13.0 Å². The molecule has 2 rings (SSSR count). The molecule has 0 aliphatic carbocycles. The average Bonchev–Trinajstić information content (AvgIpc) is 2.99. The lowest BCUT2D eigenvalue weighted by Crippen LogP contribution is -2.50. The fraction of sp³-hybridized carbons (Fsp3) is 0.562. The van der Waals surface area contributed by atoms with Crippen LogP contribution in [0.25, 0.3) is 0 Å². The molecule has 1 amide bonds. The number of amides is 1. The Morgan fingerprint density at radius 1 is 1.54 bits per heavy atom. The van der Waals surface area contributed by atoms with Crippen LogP contribution in [0.3, 0.4) is 0 Å². The number of pyridine rings is 1. The summed E-state index contributed by atoms with van der Waals surface area (Å²) in [5.74, 6) is -1.09. The Bertz CT molecular complexity index is 588. The van der Waals surface area contributed by atoms with Crippen molar-refractivity contribution in [3.05, 3.63) is 23.9 Å². The molecular formula is C16H22N2O6. The Kier molecular flexibility index (Phi) is 6.10. The molecule has 1 aliphatic heterocycles.